The largest absolute Gasteiger partial charge is 0.475 e. The summed E-state index contributed by atoms with van der Waals surface area (Å²) in [5.74, 6) is 0.344. The molecule has 9 heteroatoms. The van der Waals surface area contributed by atoms with E-state index in [-0.39, 0.29) is 38.9 Å². The molecule has 8 nitrogen and oxygen atoms in total. The van der Waals surface area contributed by atoms with Gasteiger partial charge < -0.3 is 15.8 Å². The Kier molecular flexibility index (Phi) is 14.0. The van der Waals surface area contributed by atoms with Crippen molar-refractivity contribution in [3.8, 4) is 0 Å². The van der Waals surface area contributed by atoms with Crippen molar-refractivity contribution >= 4 is 13.7 Å². The van der Waals surface area contributed by atoms with Crippen molar-refractivity contribution in [2.75, 3.05) is 39.6 Å². The van der Waals surface area contributed by atoms with Crippen LogP contribution in [0, 0.1) is 5.92 Å². The fourth-order valence-corrected chi connectivity index (χ4v) is 2.94. The van der Waals surface area contributed by atoms with Crippen molar-refractivity contribution in [1.82, 2.24) is 5.32 Å². The lowest BCUT2D eigenvalue weighted by Crippen LogP contribution is -2.40. The van der Waals surface area contributed by atoms with E-state index in [0.717, 1.165) is 12.8 Å². The van der Waals surface area contributed by atoms with Gasteiger partial charge in [0.15, 0.2) is 0 Å². The summed E-state index contributed by atoms with van der Waals surface area (Å²) in [6.45, 7) is 10.1. The summed E-state index contributed by atoms with van der Waals surface area (Å²) < 4.78 is 33.5. The maximum Gasteiger partial charge on any atom is 0.475 e. The Bertz CT molecular complexity index is 421. The third-order valence-corrected chi connectivity index (χ3v) is 4.76. The van der Waals surface area contributed by atoms with Crippen LogP contribution in [-0.4, -0.2) is 51.5 Å². The van der Waals surface area contributed by atoms with Crippen molar-refractivity contribution in [3.05, 3.63) is 12.7 Å². The first-order valence-corrected chi connectivity index (χ1v) is 10.0. The molecule has 0 heterocycles. The third kappa shape index (κ3) is 13.1. The fraction of sp³-hybridized carbons (Fsp3) is 0.812. The summed E-state index contributed by atoms with van der Waals surface area (Å²) >= 11 is 0. The first-order valence-electron chi connectivity index (χ1n) is 8.56. The van der Waals surface area contributed by atoms with E-state index < -0.39 is 13.9 Å². The van der Waals surface area contributed by atoms with E-state index in [1.54, 1.807) is 0 Å². The van der Waals surface area contributed by atoms with Gasteiger partial charge in [0.2, 0.25) is 5.91 Å². The lowest BCUT2D eigenvalue weighted by atomic mass is 10.1. The molecule has 0 aliphatic heterocycles. The van der Waals surface area contributed by atoms with Gasteiger partial charge in [-0.05, 0) is 12.3 Å². The van der Waals surface area contributed by atoms with E-state index >= 15 is 0 Å². The van der Waals surface area contributed by atoms with Crippen LogP contribution in [0.2, 0.25) is 0 Å². The number of amides is 1. The number of nitrogens with two attached hydrogens (primary N) is 1. The predicted molar refractivity (Wildman–Crippen MR) is 97.2 cm³/mol. The normalized spacial score (nSPS) is 16.0. The van der Waals surface area contributed by atoms with Gasteiger partial charge in [0.1, 0.15) is 0 Å². The van der Waals surface area contributed by atoms with E-state index in [2.05, 4.69) is 25.7 Å². The molecule has 0 aliphatic rings. The van der Waals surface area contributed by atoms with Crippen LogP contribution >= 0.6 is 7.82 Å². The standard InChI is InChI=1S/C16H33N2O6P/c1-5-9-22-25(20,23-11-8-17)24-13-16(18-15(4)19)12-21-10-7-14(3)6-2/h5,14,16H,1,6-13,17H2,2-4H3,(H,18,19)/t14-,16-,25?/m1/s1. The maximum absolute atomic E-state index is 12.5. The van der Waals surface area contributed by atoms with E-state index in [1.165, 1.54) is 13.0 Å². The molecule has 0 aromatic heterocycles. The lowest BCUT2D eigenvalue weighted by Gasteiger charge is -2.22. The second-order valence-electron chi connectivity index (χ2n) is 5.72. The van der Waals surface area contributed by atoms with Crippen LogP contribution in [0.1, 0.15) is 33.6 Å². The lowest BCUT2D eigenvalue weighted by molar-refractivity contribution is -0.120. The number of carbonyl (C=O) groups excluding carboxylic acids is 1. The topological polar surface area (TPSA) is 109 Å². The zero-order valence-electron chi connectivity index (χ0n) is 15.6. The molecular formula is C16H33N2O6P. The van der Waals surface area contributed by atoms with Crippen molar-refractivity contribution < 1.29 is 27.7 Å². The van der Waals surface area contributed by atoms with Crippen LogP contribution in [0.5, 0.6) is 0 Å². The van der Waals surface area contributed by atoms with E-state index in [1.807, 2.05) is 0 Å². The number of phosphoric acid groups is 1. The van der Waals surface area contributed by atoms with Gasteiger partial charge in [-0.3, -0.25) is 18.4 Å². The van der Waals surface area contributed by atoms with Gasteiger partial charge in [-0.15, -0.1) is 6.58 Å². The molecule has 0 aliphatic carbocycles. The van der Waals surface area contributed by atoms with Gasteiger partial charge in [0.05, 0.1) is 32.5 Å². The molecule has 0 fully saturated rings. The highest BCUT2D eigenvalue weighted by molar-refractivity contribution is 7.48. The van der Waals surface area contributed by atoms with Gasteiger partial charge in [0, 0.05) is 20.1 Å². The van der Waals surface area contributed by atoms with Gasteiger partial charge in [0.25, 0.3) is 0 Å². The molecule has 0 bridgehead atoms. The molecule has 0 saturated carbocycles. The summed E-state index contributed by atoms with van der Waals surface area (Å²) in [5, 5.41) is 2.70. The Hall–Kier alpha value is -0.760. The number of hydrogen-bond acceptors (Lipinski definition) is 7. The summed E-state index contributed by atoms with van der Waals surface area (Å²) in [6.07, 6.45) is 3.46. The van der Waals surface area contributed by atoms with E-state index in [0.29, 0.717) is 12.5 Å². The van der Waals surface area contributed by atoms with Crippen LogP contribution < -0.4 is 11.1 Å². The number of hydrogen-bond donors (Lipinski definition) is 2. The summed E-state index contributed by atoms with van der Waals surface area (Å²) in [4.78, 5) is 11.3. The number of nitrogens with one attached hydrogen (secondary N) is 1. The molecular weight excluding hydrogens is 347 g/mol. The minimum Gasteiger partial charge on any atom is -0.379 e. The molecule has 0 spiro atoms. The second-order valence-corrected chi connectivity index (χ2v) is 7.39. The predicted octanol–water partition coefficient (Wildman–Crippen LogP) is 2.25. The number of ether oxygens (including phenoxy) is 1. The van der Waals surface area contributed by atoms with Crippen molar-refractivity contribution in [2.45, 2.75) is 39.7 Å². The monoisotopic (exact) mass is 380 g/mol. The van der Waals surface area contributed by atoms with Gasteiger partial charge in [-0.1, -0.05) is 26.3 Å². The smallest absolute Gasteiger partial charge is 0.379 e. The molecule has 0 aromatic rings. The molecule has 25 heavy (non-hydrogen) atoms. The third-order valence-electron chi connectivity index (χ3n) is 3.33. The van der Waals surface area contributed by atoms with Gasteiger partial charge in [-0.2, -0.15) is 0 Å². The van der Waals surface area contributed by atoms with Crippen molar-refractivity contribution in [3.63, 3.8) is 0 Å². The van der Waals surface area contributed by atoms with E-state index in [9.17, 15) is 9.36 Å². The molecule has 3 N–H and O–H groups in total. The quantitative estimate of drug-likeness (QED) is 0.240. The zero-order chi connectivity index (χ0) is 19.1. The van der Waals surface area contributed by atoms with Crippen LogP contribution in [0.15, 0.2) is 12.7 Å². The Balaban J connectivity index is 4.51. The van der Waals surface area contributed by atoms with Crippen molar-refractivity contribution in [2.24, 2.45) is 11.7 Å². The van der Waals surface area contributed by atoms with Crippen molar-refractivity contribution in [1.29, 1.82) is 0 Å². The van der Waals surface area contributed by atoms with Crippen LogP contribution in [0.3, 0.4) is 0 Å². The van der Waals surface area contributed by atoms with Crippen LogP contribution in [-0.2, 0) is 27.7 Å². The second kappa shape index (κ2) is 14.4. The number of carbonyl (C=O) groups is 1. The molecule has 148 valence electrons. The SMILES string of the molecule is C=CCOP(=O)(OCCN)OC[C@@H](COCC[C@H](C)CC)NC(C)=O. The molecule has 0 saturated heterocycles. The molecule has 1 unspecified atom stereocenters. The molecule has 1 amide bonds. The first kappa shape index (κ1) is 24.2. The average Bonchev–Trinajstić information content (AvgIpc) is 2.59. The number of rotatable bonds is 16. The Morgan fingerprint density at radius 3 is 2.56 bits per heavy atom. The Morgan fingerprint density at radius 2 is 2.00 bits per heavy atom. The van der Waals surface area contributed by atoms with Crippen LogP contribution in [0.25, 0.3) is 0 Å². The Morgan fingerprint density at radius 1 is 1.28 bits per heavy atom. The first-order chi connectivity index (χ1) is 11.9. The summed E-state index contributed by atoms with van der Waals surface area (Å²) in [5.41, 5.74) is 5.35. The molecule has 3 atom stereocenters. The highest BCUT2D eigenvalue weighted by Gasteiger charge is 2.28. The minimum atomic E-state index is -3.77. The van der Waals surface area contributed by atoms with E-state index in [4.69, 9.17) is 24.0 Å². The molecule has 0 rings (SSSR count). The minimum absolute atomic E-state index is 0.0120. The fourth-order valence-electron chi connectivity index (χ4n) is 1.73. The zero-order valence-corrected chi connectivity index (χ0v) is 16.5. The van der Waals surface area contributed by atoms with Gasteiger partial charge in [-0.25, -0.2) is 4.57 Å². The molecule has 0 aromatic carbocycles. The summed E-state index contributed by atoms with van der Waals surface area (Å²) in [6, 6.07) is -0.462. The maximum atomic E-state index is 12.5. The Labute approximate surface area is 151 Å². The summed E-state index contributed by atoms with van der Waals surface area (Å²) in [7, 11) is -3.77. The highest BCUT2D eigenvalue weighted by Crippen LogP contribution is 2.49. The van der Waals surface area contributed by atoms with Crippen LogP contribution in [0.4, 0.5) is 0 Å². The molecule has 0 radical (unpaired) electrons. The highest BCUT2D eigenvalue weighted by atomic mass is 31.2. The number of phosphoric ester groups is 1. The van der Waals surface area contributed by atoms with Gasteiger partial charge >= 0.3 is 7.82 Å². The average molecular weight is 380 g/mol.